The van der Waals surface area contributed by atoms with Gasteiger partial charge in [-0.05, 0) is 56.9 Å². The molecule has 0 bridgehead atoms. The molecule has 2 heterocycles. The smallest absolute Gasteiger partial charge is 0.243 e. The van der Waals surface area contributed by atoms with Crippen LogP contribution in [0, 0.1) is 39.0 Å². The van der Waals surface area contributed by atoms with Crippen molar-refractivity contribution in [3.63, 3.8) is 0 Å². The van der Waals surface area contributed by atoms with Gasteiger partial charge >= 0.3 is 0 Å². The molecule has 0 radical (unpaired) electrons. The van der Waals surface area contributed by atoms with Crippen molar-refractivity contribution in [2.75, 3.05) is 18.9 Å². The molecule has 0 aliphatic carbocycles. The van der Waals surface area contributed by atoms with Gasteiger partial charge in [0, 0.05) is 30.5 Å². The Kier molecular flexibility index (Phi) is 6.35. The molecule has 8 heteroatoms. The first-order valence-electron chi connectivity index (χ1n) is 10.1. The molecule has 2 aromatic heterocycles. The minimum absolute atomic E-state index is 0.0217. The van der Waals surface area contributed by atoms with Crippen LogP contribution in [0.2, 0.25) is 0 Å². The molecule has 0 atom stereocenters. The lowest BCUT2D eigenvalue weighted by atomic mass is 10.1. The molecule has 1 aromatic carbocycles. The number of amides is 2. The molecular weight excluding hydrogens is 392 g/mol. The second-order valence-corrected chi connectivity index (χ2v) is 7.71. The van der Waals surface area contributed by atoms with Crippen LogP contribution >= 0.6 is 0 Å². The number of hydrogen-bond acceptors (Lipinski definition) is 5. The predicted octanol–water partition coefficient (Wildman–Crippen LogP) is 2.86. The van der Waals surface area contributed by atoms with E-state index >= 15 is 0 Å². The summed E-state index contributed by atoms with van der Waals surface area (Å²) in [5, 5.41) is 16.3. The van der Waals surface area contributed by atoms with Crippen molar-refractivity contribution in [1.82, 2.24) is 19.5 Å². The Morgan fingerprint density at radius 1 is 1.23 bits per heavy atom. The summed E-state index contributed by atoms with van der Waals surface area (Å²) in [4.78, 5) is 30.9. The van der Waals surface area contributed by atoms with Gasteiger partial charge in [0.15, 0.2) is 5.65 Å². The van der Waals surface area contributed by atoms with Crippen molar-refractivity contribution in [3.8, 4) is 6.07 Å². The van der Waals surface area contributed by atoms with Crippen molar-refractivity contribution in [3.05, 3.63) is 58.0 Å². The van der Waals surface area contributed by atoms with Crippen molar-refractivity contribution in [2.24, 2.45) is 0 Å². The fourth-order valence-corrected chi connectivity index (χ4v) is 3.55. The lowest BCUT2D eigenvalue weighted by molar-refractivity contribution is -0.133. The summed E-state index contributed by atoms with van der Waals surface area (Å²) >= 11 is 0. The fourth-order valence-electron chi connectivity index (χ4n) is 3.55. The van der Waals surface area contributed by atoms with Crippen LogP contribution in [0.5, 0.6) is 0 Å². The summed E-state index contributed by atoms with van der Waals surface area (Å²) in [5.41, 5.74) is 6.34. The molecule has 31 heavy (non-hydrogen) atoms. The van der Waals surface area contributed by atoms with E-state index in [1.165, 1.54) is 11.1 Å². The van der Waals surface area contributed by atoms with Crippen LogP contribution in [-0.4, -0.2) is 44.9 Å². The number of nitrogens with one attached hydrogen (secondary N) is 1. The van der Waals surface area contributed by atoms with Crippen LogP contribution in [0.15, 0.2) is 24.4 Å². The predicted molar refractivity (Wildman–Crippen MR) is 118 cm³/mol. The van der Waals surface area contributed by atoms with Crippen LogP contribution in [-0.2, 0) is 16.0 Å². The highest BCUT2D eigenvalue weighted by molar-refractivity contribution is 5.95. The van der Waals surface area contributed by atoms with E-state index in [0.29, 0.717) is 17.6 Å². The third-order valence-electron chi connectivity index (χ3n) is 5.60. The molecule has 3 rings (SSSR count). The van der Waals surface area contributed by atoms with E-state index in [2.05, 4.69) is 21.5 Å². The number of hydrogen-bond donors (Lipinski definition) is 1. The van der Waals surface area contributed by atoms with Gasteiger partial charge in [0.05, 0.1) is 12.7 Å². The summed E-state index contributed by atoms with van der Waals surface area (Å²) in [5.74, 6) is -0.367. The molecule has 0 aliphatic rings. The number of rotatable bonds is 6. The van der Waals surface area contributed by atoms with Crippen molar-refractivity contribution >= 4 is 23.1 Å². The average molecular weight is 419 g/mol. The van der Waals surface area contributed by atoms with Crippen LogP contribution in [0.3, 0.4) is 0 Å². The molecule has 160 valence electrons. The molecule has 0 unspecified atom stereocenters. The summed E-state index contributed by atoms with van der Waals surface area (Å²) in [6.45, 7) is 7.68. The minimum atomic E-state index is -0.236. The largest absolute Gasteiger partial charge is 0.336 e. The number of aryl methyl sites for hydroxylation is 3. The molecule has 0 saturated carbocycles. The maximum absolute atomic E-state index is 12.6. The summed E-state index contributed by atoms with van der Waals surface area (Å²) in [7, 11) is 1.62. The Bertz CT molecular complexity index is 1200. The highest BCUT2D eigenvalue weighted by Gasteiger charge is 2.17. The van der Waals surface area contributed by atoms with Gasteiger partial charge in [0.1, 0.15) is 11.6 Å². The van der Waals surface area contributed by atoms with Crippen LogP contribution in [0.25, 0.3) is 5.65 Å². The van der Waals surface area contributed by atoms with Gasteiger partial charge in [-0.25, -0.2) is 9.50 Å². The zero-order valence-corrected chi connectivity index (χ0v) is 18.5. The Balaban J connectivity index is 1.63. The monoisotopic (exact) mass is 418 g/mol. The minimum Gasteiger partial charge on any atom is -0.336 e. The third kappa shape index (κ3) is 4.56. The molecule has 0 fully saturated rings. The van der Waals surface area contributed by atoms with Gasteiger partial charge in [0.2, 0.25) is 11.8 Å². The number of nitriles is 1. The molecule has 0 spiro atoms. The Labute approximate surface area is 181 Å². The van der Waals surface area contributed by atoms with Crippen molar-refractivity contribution < 1.29 is 9.59 Å². The van der Waals surface area contributed by atoms with E-state index in [-0.39, 0.29) is 24.8 Å². The molecule has 3 aromatic rings. The standard InChI is InChI=1S/C23H26N6O2/c1-14-7-6-8-20(15(14)2)27-21(30)13-28(5)22(31)10-9-19-16(3)26-23-18(11-24)12-25-29(23)17(19)4/h6-8,12H,9-10,13H2,1-5H3,(H,27,30). The highest BCUT2D eigenvalue weighted by atomic mass is 16.2. The molecule has 8 nitrogen and oxygen atoms in total. The van der Waals surface area contributed by atoms with Gasteiger partial charge in [-0.2, -0.15) is 10.4 Å². The van der Waals surface area contributed by atoms with E-state index in [1.807, 2.05) is 45.9 Å². The lowest BCUT2D eigenvalue weighted by Crippen LogP contribution is -2.35. The van der Waals surface area contributed by atoms with E-state index in [4.69, 9.17) is 0 Å². The number of fused-ring (bicyclic) bond motifs is 1. The van der Waals surface area contributed by atoms with Crippen LogP contribution in [0.4, 0.5) is 5.69 Å². The lowest BCUT2D eigenvalue weighted by Gasteiger charge is -2.18. The summed E-state index contributed by atoms with van der Waals surface area (Å²) < 4.78 is 1.63. The zero-order valence-electron chi connectivity index (χ0n) is 18.5. The molecule has 1 N–H and O–H groups in total. The molecule has 0 aliphatic heterocycles. The van der Waals surface area contributed by atoms with Gasteiger partial charge in [0.25, 0.3) is 0 Å². The maximum Gasteiger partial charge on any atom is 0.243 e. The number of benzene rings is 1. The molecular formula is C23H26N6O2. The zero-order chi connectivity index (χ0) is 22.7. The van der Waals surface area contributed by atoms with Crippen molar-refractivity contribution in [2.45, 2.75) is 40.5 Å². The van der Waals surface area contributed by atoms with E-state index in [9.17, 15) is 14.9 Å². The summed E-state index contributed by atoms with van der Waals surface area (Å²) in [6, 6.07) is 7.82. The second kappa shape index (κ2) is 8.96. The topological polar surface area (TPSA) is 103 Å². The Morgan fingerprint density at radius 3 is 2.68 bits per heavy atom. The third-order valence-corrected chi connectivity index (χ3v) is 5.60. The normalized spacial score (nSPS) is 10.7. The van der Waals surface area contributed by atoms with Gasteiger partial charge in [-0.15, -0.1) is 0 Å². The number of aromatic nitrogens is 3. The van der Waals surface area contributed by atoms with Gasteiger partial charge in [-0.3, -0.25) is 9.59 Å². The number of anilines is 1. The number of carbonyl (C=O) groups excluding carboxylic acids is 2. The maximum atomic E-state index is 12.6. The number of carbonyl (C=O) groups is 2. The van der Waals surface area contributed by atoms with E-state index in [1.54, 1.807) is 11.6 Å². The van der Waals surface area contributed by atoms with Gasteiger partial charge in [-0.1, -0.05) is 12.1 Å². The SMILES string of the molecule is Cc1cccc(NC(=O)CN(C)C(=O)CCc2c(C)nc3c(C#N)cnn3c2C)c1C. The molecule has 0 saturated heterocycles. The van der Waals surface area contributed by atoms with Crippen LogP contribution < -0.4 is 5.32 Å². The quantitative estimate of drug-likeness (QED) is 0.663. The van der Waals surface area contributed by atoms with Crippen molar-refractivity contribution in [1.29, 1.82) is 5.26 Å². The summed E-state index contributed by atoms with van der Waals surface area (Å²) in [6.07, 6.45) is 2.21. The number of likely N-dealkylation sites (N-methyl/N-ethyl adjacent to an activating group) is 1. The van der Waals surface area contributed by atoms with E-state index < -0.39 is 0 Å². The van der Waals surface area contributed by atoms with Gasteiger partial charge < -0.3 is 10.2 Å². The first-order chi connectivity index (χ1) is 14.7. The first-order valence-corrected chi connectivity index (χ1v) is 10.1. The Hall–Kier alpha value is -3.73. The first kappa shape index (κ1) is 22.0. The number of nitrogens with zero attached hydrogens (tertiary/aromatic N) is 5. The van der Waals surface area contributed by atoms with Crippen LogP contribution in [0.1, 0.15) is 40.1 Å². The second-order valence-electron chi connectivity index (χ2n) is 7.71. The average Bonchev–Trinajstić information content (AvgIpc) is 3.13. The van der Waals surface area contributed by atoms with E-state index in [0.717, 1.165) is 33.8 Å². The molecule has 2 amide bonds. The fraction of sp³-hybridized carbons (Fsp3) is 0.348. The highest BCUT2D eigenvalue weighted by Crippen LogP contribution is 2.19. The Morgan fingerprint density at radius 2 is 1.97 bits per heavy atom.